The van der Waals surface area contributed by atoms with E-state index in [2.05, 4.69) is 24.2 Å². The van der Waals surface area contributed by atoms with E-state index in [4.69, 9.17) is 0 Å². The smallest absolute Gasteiger partial charge is 0.0693 e. The summed E-state index contributed by atoms with van der Waals surface area (Å²) in [5.74, 6) is 0.689. The van der Waals surface area contributed by atoms with Gasteiger partial charge in [0.15, 0.2) is 0 Å². The van der Waals surface area contributed by atoms with Gasteiger partial charge in [-0.25, -0.2) is 0 Å². The van der Waals surface area contributed by atoms with Crippen molar-refractivity contribution < 1.29 is 0 Å². The second-order valence-electron chi connectivity index (χ2n) is 5.32. The third-order valence-electron chi connectivity index (χ3n) is 3.71. The highest BCUT2D eigenvalue weighted by atomic mass is 15.3. The fraction of sp³-hybridized carbons (Fsp3) is 0.692. The van der Waals surface area contributed by atoms with Gasteiger partial charge in [-0.2, -0.15) is 10.4 Å². The molecule has 2 rings (SSSR count). The molecule has 0 spiro atoms. The van der Waals surface area contributed by atoms with Crippen LogP contribution in [0.15, 0.2) is 6.07 Å². The summed E-state index contributed by atoms with van der Waals surface area (Å²) in [5, 5.41) is 13.8. The zero-order chi connectivity index (χ0) is 11.8. The topological polar surface area (TPSA) is 41.6 Å². The molecule has 1 aromatic rings. The Bertz CT molecular complexity index is 427. The third kappa shape index (κ3) is 1.97. The van der Waals surface area contributed by atoms with Crippen molar-refractivity contribution in [1.29, 1.82) is 5.26 Å². The maximum absolute atomic E-state index is 9.41. The molecule has 1 fully saturated rings. The van der Waals surface area contributed by atoms with E-state index in [-0.39, 0.29) is 5.41 Å². The first-order chi connectivity index (χ1) is 7.54. The molecule has 0 amide bonds. The first-order valence-corrected chi connectivity index (χ1v) is 5.95. The molecule has 86 valence electrons. The molecule has 0 aliphatic heterocycles. The van der Waals surface area contributed by atoms with Crippen LogP contribution in [-0.4, -0.2) is 9.78 Å². The summed E-state index contributed by atoms with van der Waals surface area (Å²) in [7, 11) is 1.96. The zero-order valence-corrected chi connectivity index (χ0v) is 10.3. The van der Waals surface area contributed by atoms with Crippen LogP contribution in [0.25, 0.3) is 0 Å². The van der Waals surface area contributed by atoms with Crippen LogP contribution in [0.1, 0.15) is 37.6 Å². The first-order valence-electron chi connectivity index (χ1n) is 5.95. The van der Waals surface area contributed by atoms with E-state index in [9.17, 15) is 5.26 Å². The average Bonchev–Trinajstić information content (AvgIpc) is 2.73. The van der Waals surface area contributed by atoms with E-state index in [0.29, 0.717) is 5.92 Å². The largest absolute Gasteiger partial charge is 0.272 e. The lowest BCUT2D eigenvalue weighted by Crippen LogP contribution is -2.19. The summed E-state index contributed by atoms with van der Waals surface area (Å²) in [6.45, 7) is 4.24. The van der Waals surface area contributed by atoms with E-state index in [1.165, 1.54) is 12.1 Å². The van der Waals surface area contributed by atoms with Gasteiger partial charge in [-0.1, -0.05) is 6.92 Å². The van der Waals surface area contributed by atoms with Crippen molar-refractivity contribution in [3.05, 3.63) is 17.5 Å². The van der Waals surface area contributed by atoms with Crippen molar-refractivity contribution in [3.63, 3.8) is 0 Å². The van der Waals surface area contributed by atoms with Crippen LogP contribution in [0.3, 0.4) is 0 Å². The highest BCUT2D eigenvalue weighted by Crippen LogP contribution is 2.43. The Labute approximate surface area is 97.1 Å². The molecule has 1 heterocycles. The fourth-order valence-electron chi connectivity index (χ4n) is 2.87. The molecule has 1 aliphatic carbocycles. The molecule has 0 saturated heterocycles. The molecule has 3 nitrogen and oxygen atoms in total. The van der Waals surface area contributed by atoms with E-state index >= 15 is 0 Å². The third-order valence-corrected chi connectivity index (χ3v) is 3.71. The zero-order valence-electron chi connectivity index (χ0n) is 10.3. The summed E-state index contributed by atoms with van der Waals surface area (Å²) in [4.78, 5) is 0. The van der Waals surface area contributed by atoms with Crippen molar-refractivity contribution in [2.24, 2.45) is 18.4 Å². The molecule has 2 atom stereocenters. The number of hydrogen-bond acceptors (Lipinski definition) is 2. The SMILES string of the molecule is Cc1cc(CC2(C#N)CCC(C)C2)n(C)n1. The van der Waals surface area contributed by atoms with Crippen LogP contribution >= 0.6 is 0 Å². The molecular weight excluding hydrogens is 198 g/mol. The molecule has 3 heteroatoms. The molecule has 1 saturated carbocycles. The van der Waals surface area contributed by atoms with Crippen LogP contribution < -0.4 is 0 Å². The van der Waals surface area contributed by atoms with E-state index in [1.54, 1.807) is 0 Å². The summed E-state index contributed by atoms with van der Waals surface area (Å²) in [5.41, 5.74) is 2.09. The average molecular weight is 217 g/mol. The predicted octanol–water partition coefficient (Wildman–Crippen LogP) is 2.60. The van der Waals surface area contributed by atoms with Crippen molar-refractivity contribution in [2.75, 3.05) is 0 Å². The van der Waals surface area contributed by atoms with Crippen LogP contribution in [0.5, 0.6) is 0 Å². The van der Waals surface area contributed by atoms with Crippen LogP contribution in [0.4, 0.5) is 0 Å². The highest BCUT2D eigenvalue weighted by molar-refractivity contribution is 5.16. The second-order valence-corrected chi connectivity index (χ2v) is 5.32. The summed E-state index contributed by atoms with van der Waals surface area (Å²) in [6, 6.07) is 4.65. The van der Waals surface area contributed by atoms with Crippen LogP contribution in [0, 0.1) is 29.6 Å². The summed E-state index contributed by atoms with van der Waals surface area (Å²) in [6.07, 6.45) is 4.11. The van der Waals surface area contributed by atoms with Gasteiger partial charge in [-0.3, -0.25) is 4.68 Å². The number of rotatable bonds is 2. The van der Waals surface area contributed by atoms with Gasteiger partial charge in [0.2, 0.25) is 0 Å². The quantitative estimate of drug-likeness (QED) is 0.764. The normalized spacial score (nSPS) is 29.2. The number of nitriles is 1. The van der Waals surface area contributed by atoms with Gasteiger partial charge in [0.1, 0.15) is 0 Å². The Morgan fingerprint density at radius 1 is 1.69 bits per heavy atom. The van der Waals surface area contributed by atoms with Gasteiger partial charge >= 0.3 is 0 Å². The Morgan fingerprint density at radius 3 is 2.88 bits per heavy atom. The van der Waals surface area contributed by atoms with Crippen LogP contribution in [0.2, 0.25) is 0 Å². The van der Waals surface area contributed by atoms with E-state index in [0.717, 1.165) is 25.0 Å². The molecule has 0 bridgehead atoms. The monoisotopic (exact) mass is 217 g/mol. The van der Waals surface area contributed by atoms with Gasteiger partial charge in [0, 0.05) is 19.2 Å². The highest BCUT2D eigenvalue weighted by Gasteiger charge is 2.38. The standard InChI is InChI=1S/C13H19N3/c1-10-4-5-13(7-10,9-14)8-12-6-11(2)15-16(12)3/h6,10H,4-5,7-8H2,1-3H3. The van der Waals surface area contributed by atoms with E-state index in [1.807, 2.05) is 18.7 Å². The van der Waals surface area contributed by atoms with Gasteiger partial charge in [-0.05, 0) is 38.2 Å². The maximum atomic E-state index is 9.41. The molecule has 1 aromatic heterocycles. The van der Waals surface area contributed by atoms with Gasteiger partial charge in [0.05, 0.1) is 17.2 Å². The fourth-order valence-corrected chi connectivity index (χ4v) is 2.87. The number of nitrogens with zero attached hydrogens (tertiary/aromatic N) is 3. The molecule has 16 heavy (non-hydrogen) atoms. The number of aryl methyl sites for hydroxylation is 2. The van der Waals surface area contributed by atoms with Crippen molar-refractivity contribution in [1.82, 2.24) is 9.78 Å². The predicted molar refractivity (Wildman–Crippen MR) is 62.7 cm³/mol. The van der Waals surface area contributed by atoms with Crippen molar-refractivity contribution in [2.45, 2.75) is 39.5 Å². The van der Waals surface area contributed by atoms with Gasteiger partial charge < -0.3 is 0 Å². The maximum Gasteiger partial charge on any atom is 0.0693 e. The minimum atomic E-state index is -0.139. The molecule has 2 unspecified atom stereocenters. The second kappa shape index (κ2) is 3.93. The molecule has 0 aromatic carbocycles. The van der Waals surface area contributed by atoms with Crippen molar-refractivity contribution in [3.8, 4) is 6.07 Å². The summed E-state index contributed by atoms with van der Waals surface area (Å²) >= 11 is 0. The number of hydrogen-bond donors (Lipinski definition) is 0. The molecule has 1 aliphatic rings. The van der Waals surface area contributed by atoms with E-state index < -0.39 is 0 Å². The van der Waals surface area contributed by atoms with Crippen molar-refractivity contribution >= 4 is 0 Å². The molecule has 0 N–H and O–H groups in total. The Kier molecular flexibility index (Phi) is 2.75. The summed E-state index contributed by atoms with van der Waals surface area (Å²) < 4.78 is 1.91. The lowest BCUT2D eigenvalue weighted by Gasteiger charge is -2.20. The molecular formula is C13H19N3. The Hall–Kier alpha value is -1.30. The minimum absolute atomic E-state index is 0.139. The first kappa shape index (κ1) is 11.2. The lowest BCUT2D eigenvalue weighted by molar-refractivity contribution is 0.380. The minimum Gasteiger partial charge on any atom is -0.272 e. The Morgan fingerprint density at radius 2 is 2.44 bits per heavy atom. The van der Waals surface area contributed by atoms with Crippen LogP contribution in [-0.2, 0) is 13.5 Å². The lowest BCUT2D eigenvalue weighted by atomic mass is 9.82. The Balaban J connectivity index is 2.20. The number of aromatic nitrogens is 2. The molecule has 0 radical (unpaired) electrons. The van der Waals surface area contributed by atoms with Gasteiger partial charge in [0.25, 0.3) is 0 Å². The van der Waals surface area contributed by atoms with Gasteiger partial charge in [-0.15, -0.1) is 0 Å².